The summed E-state index contributed by atoms with van der Waals surface area (Å²) in [6, 6.07) is 6.35. The molecule has 122 valence electrons. The van der Waals surface area contributed by atoms with Crippen molar-refractivity contribution in [1.82, 2.24) is 9.21 Å². The number of esters is 1. The number of carbonyl (C=O) groups is 1. The summed E-state index contributed by atoms with van der Waals surface area (Å²) in [6.45, 7) is 1.21. The van der Waals surface area contributed by atoms with Gasteiger partial charge in [0.2, 0.25) is 0 Å². The van der Waals surface area contributed by atoms with Crippen LogP contribution in [-0.2, 0) is 19.7 Å². The van der Waals surface area contributed by atoms with E-state index in [1.807, 2.05) is 4.90 Å². The standard InChI is InChI=1S/C13H18ClN3O4S/c1-21-13(18)12(10-3-2-4-11(14)9-10)16-5-7-17(8-6-16)22(15,19)20/h2-4,9,12H,5-8H2,1H3,(H2,15,19,20)/t12-/m1/s1. The molecule has 1 aromatic carbocycles. The molecule has 0 aromatic heterocycles. The van der Waals surface area contributed by atoms with E-state index in [9.17, 15) is 13.2 Å². The average Bonchev–Trinajstić information content (AvgIpc) is 2.47. The fraction of sp³-hybridized carbons (Fsp3) is 0.462. The second-order valence-corrected chi connectivity index (χ2v) is 6.94. The highest BCUT2D eigenvalue weighted by molar-refractivity contribution is 7.86. The molecule has 1 saturated heterocycles. The van der Waals surface area contributed by atoms with Crippen molar-refractivity contribution in [3.63, 3.8) is 0 Å². The normalized spacial score (nSPS) is 18.9. The van der Waals surface area contributed by atoms with Crippen LogP contribution in [0.15, 0.2) is 24.3 Å². The third-order valence-corrected chi connectivity index (χ3v) is 4.91. The topological polar surface area (TPSA) is 92.9 Å². The first kappa shape index (κ1) is 17.2. The highest BCUT2D eigenvalue weighted by Gasteiger charge is 2.33. The first-order chi connectivity index (χ1) is 10.3. The van der Waals surface area contributed by atoms with Crippen molar-refractivity contribution >= 4 is 27.8 Å². The minimum absolute atomic E-state index is 0.229. The first-order valence-corrected chi connectivity index (χ1v) is 8.56. The van der Waals surface area contributed by atoms with Crippen LogP contribution in [0.1, 0.15) is 11.6 Å². The zero-order valence-corrected chi connectivity index (χ0v) is 13.7. The Labute approximate surface area is 134 Å². The van der Waals surface area contributed by atoms with Crippen LogP contribution in [0.5, 0.6) is 0 Å². The predicted molar refractivity (Wildman–Crippen MR) is 82.5 cm³/mol. The number of benzene rings is 1. The molecule has 1 aliphatic heterocycles. The van der Waals surface area contributed by atoms with E-state index in [4.69, 9.17) is 21.5 Å². The van der Waals surface area contributed by atoms with Crippen molar-refractivity contribution < 1.29 is 17.9 Å². The number of piperazine rings is 1. The minimum atomic E-state index is -3.70. The number of ether oxygens (including phenoxy) is 1. The molecule has 1 atom stereocenters. The molecule has 0 saturated carbocycles. The zero-order valence-electron chi connectivity index (χ0n) is 12.1. The smallest absolute Gasteiger partial charge is 0.327 e. The largest absolute Gasteiger partial charge is 0.468 e. The third kappa shape index (κ3) is 3.96. The summed E-state index contributed by atoms with van der Waals surface area (Å²) in [4.78, 5) is 14.0. The van der Waals surface area contributed by atoms with Crippen molar-refractivity contribution in [3.8, 4) is 0 Å². The van der Waals surface area contributed by atoms with Gasteiger partial charge in [0.05, 0.1) is 7.11 Å². The first-order valence-electron chi connectivity index (χ1n) is 6.68. The molecule has 0 spiro atoms. The van der Waals surface area contributed by atoms with Gasteiger partial charge in [0.25, 0.3) is 10.2 Å². The van der Waals surface area contributed by atoms with E-state index in [0.717, 1.165) is 0 Å². The number of hydrogen-bond donors (Lipinski definition) is 1. The summed E-state index contributed by atoms with van der Waals surface area (Å²) in [7, 11) is -2.38. The van der Waals surface area contributed by atoms with Crippen molar-refractivity contribution in [2.24, 2.45) is 5.14 Å². The number of carbonyl (C=O) groups excluding carboxylic acids is 1. The fourth-order valence-electron chi connectivity index (χ4n) is 2.50. The lowest BCUT2D eigenvalue weighted by Gasteiger charge is -2.36. The molecule has 0 amide bonds. The lowest BCUT2D eigenvalue weighted by Crippen LogP contribution is -2.52. The molecule has 7 nitrogen and oxygen atoms in total. The Bertz CT molecular complexity index is 644. The van der Waals surface area contributed by atoms with Crippen LogP contribution < -0.4 is 5.14 Å². The van der Waals surface area contributed by atoms with Crippen LogP contribution >= 0.6 is 11.6 Å². The fourth-order valence-corrected chi connectivity index (χ4v) is 3.37. The Morgan fingerprint density at radius 3 is 2.45 bits per heavy atom. The lowest BCUT2D eigenvalue weighted by atomic mass is 10.0. The monoisotopic (exact) mass is 347 g/mol. The molecular formula is C13H18ClN3O4S. The molecule has 1 fully saturated rings. The van der Waals surface area contributed by atoms with E-state index in [1.165, 1.54) is 11.4 Å². The van der Waals surface area contributed by atoms with Gasteiger partial charge in [-0.2, -0.15) is 12.7 Å². The van der Waals surface area contributed by atoms with Gasteiger partial charge in [-0.05, 0) is 17.7 Å². The minimum Gasteiger partial charge on any atom is -0.468 e. The van der Waals surface area contributed by atoms with Crippen molar-refractivity contribution in [1.29, 1.82) is 0 Å². The maximum Gasteiger partial charge on any atom is 0.327 e. The quantitative estimate of drug-likeness (QED) is 0.794. The third-order valence-electron chi connectivity index (χ3n) is 3.59. The van der Waals surface area contributed by atoms with Crippen LogP contribution in [-0.4, -0.2) is 56.9 Å². The molecule has 9 heteroatoms. The molecule has 1 aliphatic rings. The number of hydrogen-bond acceptors (Lipinski definition) is 5. The van der Waals surface area contributed by atoms with E-state index in [-0.39, 0.29) is 13.1 Å². The van der Waals surface area contributed by atoms with Gasteiger partial charge < -0.3 is 4.74 Å². The van der Waals surface area contributed by atoms with Gasteiger partial charge in [0.15, 0.2) is 0 Å². The summed E-state index contributed by atoms with van der Waals surface area (Å²) < 4.78 is 28.8. The molecule has 1 heterocycles. The van der Waals surface area contributed by atoms with Gasteiger partial charge in [-0.1, -0.05) is 23.7 Å². The molecule has 2 rings (SSSR count). The van der Waals surface area contributed by atoms with E-state index in [1.54, 1.807) is 24.3 Å². The van der Waals surface area contributed by atoms with E-state index < -0.39 is 22.2 Å². The van der Waals surface area contributed by atoms with Crippen LogP contribution in [0.4, 0.5) is 0 Å². The van der Waals surface area contributed by atoms with Crippen LogP contribution in [0.2, 0.25) is 5.02 Å². The molecule has 0 unspecified atom stereocenters. The van der Waals surface area contributed by atoms with E-state index in [2.05, 4.69) is 0 Å². The van der Waals surface area contributed by atoms with E-state index >= 15 is 0 Å². The summed E-state index contributed by atoms with van der Waals surface area (Å²) in [5.74, 6) is -0.411. The van der Waals surface area contributed by atoms with Crippen molar-refractivity contribution in [2.45, 2.75) is 6.04 Å². The Hall–Kier alpha value is -1.19. The average molecular weight is 348 g/mol. The SMILES string of the molecule is COC(=O)[C@@H](c1cccc(Cl)c1)N1CCN(S(N)(=O)=O)CC1. The zero-order chi connectivity index (χ0) is 16.3. The Balaban J connectivity index is 2.20. The summed E-state index contributed by atoms with van der Waals surface area (Å²) in [5, 5.41) is 5.64. The highest BCUT2D eigenvalue weighted by atomic mass is 35.5. The van der Waals surface area contributed by atoms with Crippen LogP contribution in [0.3, 0.4) is 0 Å². The predicted octanol–water partition coefficient (Wildman–Crippen LogP) is 0.375. The van der Waals surface area contributed by atoms with Gasteiger partial charge in [-0.15, -0.1) is 0 Å². The summed E-state index contributed by atoms with van der Waals surface area (Å²) in [5.41, 5.74) is 0.711. The van der Waals surface area contributed by atoms with Crippen LogP contribution in [0.25, 0.3) is 0 Å². The second kappa shape index (κ2) is 6.93. The van der Waals surface area contributed by atoms with Crippen LogP contribution in [0, 0.1) is 0 Å². The Morgan fingerprint density at radius 2 is 1.95 bits per heavy atom. The van der Waals surface area contributed by atoms with Gasteiger partial charge in [-0.3, -0.25) is 4.90 Å². The number of methoxy groups -OCH3 is 1. The number of rotatable bonds is 4. The van der Waals surface area contributed by atoms with E-state index in [0.29, 0.717) is 23.7 Å². The number of halogens is 1. The molecule has 22 heavy (non-hydrogen) atoms. The molecule has 2 N–H and O–H groups in total. The molecule has 0 aliphatic carbocycles. The Kier molecular flexibility index (Phi) is 5.41. The summed E-state index contributed by atoms with van der Waals surface area (Å²) >= 11 is 5.98. The van der Waals surface area contributed by atoms with Gasteiger partial charge in [0, 0.05) is 31.2 Å². The number of nitrogens with zero attached hydrogens (tertiary/aromatic N) is 2. The van der Waals surface area contributed by atoms with Gasteiger partial charge in [0.1, 0.15) is 6.04 Å². The lowest BCUT2D eigenvalue weighted by molar-refractivity contribution is -0.147. The van der Waals surface area contributed by atoms with Crippen molar-refractivity contribution in [3.05, 3.63) is 34.9 Å². The van der Waals surface area contributed by atoms with Gasteiger partial charge in [-0.25, -0.2) is 9.93 Å². The molecule has 0 bridgehead atoms. The maximum atomic E-state index is 12.1. The molecule has 1 aromatic rings. The highest BCUT2D eigenvalue weighted by Crippen LogP contribution is 2.26. The summed E-state index contributed by atoms with van der Waals surface area (Å²) in [6.07, 6.45) is 0. The molecular weight excluding hydrogens is 330 g/mol. The molecule has 0 radical (unpaired) electrons. The van der Waals surface area contributed by atoms with Gasteiger partial charge >= 0.3 is 5.97 Å². The second-order valence-electron chi connectivity index (χ2n) is 4.96. The Morgan fingerprint density at radius 1 is 1.32 bits per heavy atom. The maximum absolute atomic E-state index is 12.1. The number of nitrogens with two attached hydrogens (primary N) is 1. The van der Waals surface area contributed by atoms with Crippen molar-refractivity contribution in [2.75, 3.05) is 33.3 Å².